The molecule has 1 saturated carbocycles. The van der Waals surface area contributed by atoms with Crippen LogP contribution in [0, 0.1) is 0 Å². The Balaban J connectivity index is 1.44. The lowest BCUT2D eigenvalue weighted by Crippen LogP contribution is -2.46. The molecular weight excluding hydrogens is 468 g/mol. The maximum Gasteiger partial charge on any atom is 0.339 e. The summed E-state index contributed by atoms with van der Waals surface area (Å²) in [4.78, 5) is 14.9. The lowest BCUT2D eigenvalue weighted by molar-refractivity contribution is 0.225. The number of hydrogen-bond acceptors (Lipinski definition) is 7. The van der Waals surface area contributed by atoms with Crippen LogP contribution in [-0.2, 0) is 15.3 Å². The Morgan fingerprint density at radius 3 is 2.46 bits per heavy atom. The molecule has 1 saturated heterocycles. The smallest absolute Gasteiger partial charge is 0.339 e. The van der Waals surface area contributed by atoms with Gasteiger partial charge in [-0.15, -0.1) is 0 Å². The minimum Gasteiger partial charge on any atom is -0.493 e. The molecule has 0 spiro atoms. The molecule has 2 atom stereocenters. The zero-order valence-electron chi connectivity index (χ0n) is 20.5. The normalized spacial score (nSPS) is 23.5. The fourth-order valence-electron chi connectivity index (χ4n) is 5.26. The zero-order chi connectivity index (χ0) is 25.2. The number of sulfone groups is 1. The number of methoxy groups -OCH3 is 2. The van der Waals surface area contributed by atoms with Crippen LogP contribution < -0.4 is 20.2 Å². The second-order valence-corrected chi connectivity index (χ2v) is 11.2. The SMILES string of the molecule is COc1ccc([C@@]23CCC(=NNC(=O)Nc4ccc(S(C)(=O)=O)cc4)C[C@@H]2N(C)CC3)cc1OC. The van der Waals surface area contributed by atoms with Gasteiger partial charge in [0.1, 0.15) is 0 Å². The van der Waals surface area contributed by atoms with Crippen molar-refractivity contribution in [2.75, 3.05) is 39.4 Å². The average molecular weight is 501 g/mol. The molecule has 0 unspecified atom stereocenters. The molecule has 9 nitrogen and oxygen atoms in total. The predicted molar refractivity (Wildman–Crippen MR) is 135 cm³/mol. The van der Waals surface area contributed by atoms with Gasteiger partial charge in [0, 0.05) is 35.5 Å². The molecule has 0 aromatic heterocycles. The molecule has 2 aromatic carbocycles. The summed E-state index contributed by atoms with van der Waals surface area (Å²) < 4.78 is 34.1. The van der Waals surface area contributed by atoms with Crippen molar-refractivity contribution < 1.29 is 22.7 Å². The molecule has 2 amide bonds. The van der Waals surface area contributed by atoms with E-state index in [1.165, 1.54) is 17.7 Å². The van der Waals surface area contributed by atoms with Crippen LogP contribution in [0.25, 0.3) is 0 Å². The molecule has 1 aliphatic heterocycles. The van der Waals surface area contributed by atoms with E-state index < -0.39 is 15.9 Å². The van der Waals surface area contributed by atoms with E-state index in [1.54, 1.807) is 26.4 Å². The summed E-state index contributed by atoms with van der Waals surface area (Å²) in [7, 11) is 2.14. The van der Waals surface area contributed by atoms with Crippen molar-refractivity contribution in [3.63, 3.8) is 0 Å². The number of amides is 2. The van der Waals surface area contributed by atoms with Crippen LogP contribution in [0.3, 0.4) is 0 Å². The minimum atomic E-state index is -3.28. The van der Waals surface area contributed by atoms with Crippen molar-refractivity contribution in [2.45, 2.75) is 42.0 Å². The number of urea groups is 1. The highest BCUT2D eigenvalue weighted by molar-refractivity contribution is 7.90. The summed E-state index contributed by atoms with van der Waals surface area (Å²) in [5, 5.41) is 7.09. The fraction of sp³-hybridized carbons (Fsp3) is 0.440. The number of hydrogen-bond donors (Lipinski definition) is 2. The molecule has 1 heterocycles. The van der Waals surface area contributed by atoms with E-state index in [4.69, 9.17) is 9.47 Å². The summed E-state index contributed by atoms with van der Waals surface area (Å²) in [6.07, 6.45) is 4.65. The number of nitrogens with zero attached hydrogens (tertiary/aromatic N) is 2. The zero-order valence-corrected chi connectivity index (χ0v) is 21.3. The maximum atomic E-state index is 12.4. The van der Waals surface area contributed by atoms with Gasteiger partial charge >= 0.3 is 6.03 Å². The van der Waals surface area contributed by atoms with Gasteiger partial charge in [-0.2, -0.15) is 5.10 Å². The number of fused-ring (bicyclic) bond motifs is 1. The second kappa shape index (κ2) is 9.87. The van der Waals surface area contributed by atoms with Crippen LogP contribution in [0.5, 0.6) is 11.5 Å². The molecule has 0 radical (unpaired) electrons. The summed E-state index contributed by atoms with van der Waals surface area (Å²) in [5.74, 6) is 1.45. The molecule has 2 fully saturated rings. The number of anilines is 1. The van der Waals surface area contributed by atoms with Crippen LogP contribution in [0.1, 0.15) is 31.2 Å². The highest BCUT2D eigenvalue weighted by Crippen LogP contribution is 2.49. The first-order valence-electron chi connectivity index (χ1n) is 11.5. The molecule has 2 aromatic rings. The third kappa shape index (κ3) is 5.13. The van der Waals surface area contributed by atoms with Crippen molar-refractivity contribution in [2.24, 2.45) is 5.10 Å². The number of likely N-dealkylation sites (tertiary alicyclic amines) is 1. The molecule has 10 heteroatoms. The van der Waals surface area contributed by atoms with Crippen molar-refractivity contribution in [1.29, 1.82) is 0 Å². The molecule has 2 aliphatic rings. The first-order chi connectivity index (χ1) is 16.7. The van der Waals surface area contributed by atoms with E-state index in [9.17, 15) is 13.2 Å². The van der Waals surface area contributed by atoms with Gasteiger partial charge in [0.15, 0.2) is 21.3 Å². The van der Waals surface area contributed by atoms with Crippen LogP contribution >= 0.6 is 0 Å². The molecular formula is C25H32N4O5S. The second-order valence-electron chi connectivity index (χ2n) is 9.22. The Morgan fingerprint density at radius 2 is 1.80 bits per heavy atom. The molecule has 2 N–H and O–H groups in total. The molecule has 1 aliphatic carbocycles. The van der Waals surface area contributed by atoms with Gasteiger partial charge in [-0.3, -0.25) is 0 Å². The molecule has 0 bridgehead atoms. The standard InChI is InChI=1S/C25H32N4O5S/c1-29-14-13-25(17-5-10-21(33-2)22(15-17)34-3)12-11-19(16-23(25)29)27-28-24(30)26-18-6-8-20(9-7-18)35(4,31)32/h5-10,15,23H,11-14,16H2,1-4H3,(H2,26,28,30)/t23-,25-/m0/s1. The minimum absolute atomic E-state index is 0.00304. The first-order valence-corrected chi connectivity index (χ1v) is 13.4. The number of carbonyl (C=O) groups is 1. The van der Waals surface area contributed by atoms with Crippen molar-refractivity contribution in [3.05, 3.63) is 48.0 Å². The Kier molecular flexibility index (Phi) is 7.05. The Bertz CT molecular complexity index is 1230. The molecule has 4 rings (SSSR count). The largest absolute Gasteiger partial charge is 0.493 e. The Morgan fingerprint density at radius 1 is 1.09 bits per heavy atom. The van der Waals surface area contributed by atoms with E-state index in [1.807, 2.05) is 6.07 Å². The van der Waals surface area contributed by atoms with Crippen LogP contribution in [0.4, 0.5) is 10.5 Å². The highest BCUT2D eigenvalue weighted by atomic mass is 32.2. The van der Waals surface area contributed by atoms with Crippen LogP contribution in [0.2, 0.25) is 0 Å². The van der Waals surface area contributed by atoms with Crippen molar-refractivity contribution in [3.8, 4) is 11.5 Å². The monoisotopic (exact) mass is 500 g/mol. The third-order valence-electron chi connectivity index (χ3n) is 7.18. The van der Waals surface area contributed by atoms with E-state index in [-0.39, 0.29) is 16.4 Å². The van der Waals surface area contributed by atoms with Gasteiger partial charge in [0.25, 0.3) is 0 Å². The van der Waals surface area contributed by atoms with Crippen LogP contribution in [0.15, 0.2) is 52.5 Å². The topological polar surface area (TPSA) is 109 Å². The van der Waals surface area contributed by atoms with Gasteiger partial charge < -0.3 is 19.7 Å². The summed E-state index contributed by atoms with van der Waals surface area (Å²) in [6.45, 7) is 0.990. The van der Waals surface area contributed by atoms with Crippen molar-refractivity contribution >= 4 is 27.3 Å². The average Bonchev–Trinajstić information content (AvgIpc) is 3.19. The summed E-state index contributed by atoms with van der Waals surface area (Å²) in [6, 6.07) is 12.0. The van der Waals surface area contributed by atoms with E-state index in [0.29, 0.717) is 5.69 Å². The number of carbonyl (C=O) groups excluding carboxylic acids is 1. The van der Waals surface area contributed by atoms with Crippen LogP contribution in [-0.4, -0.2) is 65.2 Å². The summed E-state index contributed by atoms with van der Waals surface area (Å²) in [5.41, 5.74) is 5.26. The van der Waals surface area contributed by atoms with Gasteiger partial charge in [0.05, 0.1) is 19.1 Å². The Labute approximate surface area is 206 Å². The van der Waals surface area contributed by atoms with Crippen molar-refractivity contribution in [1.82, 2.24) is 10.3 Å². The number of benzene rings is 2. The van der Waals surface area contributed by atoms with Gasteiger partial charge in [0.2, 0.25) is 0 Å². The number of nitrogens with one attached hydrogen (secondary N) is 2. The van der Waals surface area contributed by atoms with E-state index in [0.717, 1.165) is 55.7 Å². The highest BCUT2D eigenvalue weighted by Gasteiger charge is 2.49. The Hall–Kier alpha value is -3.11. The molecule has 35 heavy (non-hydrogen) atoms. The fourth-order valence-corrected chi connectivity index (χ4v) is 5.89. The van der Waals surface area contributed by atoms with E-state index >= 15 is 0 Å². The molecule has 188 valence electrons. The third-order valence-corrected chi connectivity index (χ3v) is 8.31. The summed E-state index contributed by atoms with van der Waals surface area (Å²) >= 11 is 0. The maximum absolute atomic E-state index is 12.4. The lowest BCUT2D eigenvalue weighted by atomic mass is 9.65. The lowest BCUT2D eigenvalue weighted by Gasteiger charge is -2.42. The number of likely N-dealkylation sites (N-methyl/N-ethyl adjacent to an activating group) is 1. The first kappa shape index (κ1) is 25.0. The van der Waals surface area contributed by atoms with Gasteiger partial charge in [-0.25, -0.2) is 18.6 Å². The number of hydrazone groups is 1. The van der Waals surface area contributed by atoms with E-state index in [2.05, 4.69) is 39.9 Å². The van der Waals surface area contributed by atoms with Gasteiger partial charge in [-0.1, -0.05) is 6.07 Å². The predicted octanol–water partition coefficient (Wildman–Crippen LogP) is 3.41. The quantitative estimate of drug-likeness (QED) is 0.589. The van der Waals surface area contributed by atoms with Gasteiger partial charge in [-0.05, 0) is 74.8 Å². The number of rotatable bonds is 6. The number of ether oxygens (including phenoxy) is 2.